The molecule has 1 N–H and O–H groups in total. The van der Waals surface area contributed by atoms with Crippen LogP contribution in [0.5, 0.6) is 0 Å². The fourth-order valence-electron chi connectivity index (χ4n) is 4.16. The first-order valence-electron chi connectivity index (χ1n) is 9.35. The Bertz CT molecular complexity index is 468. The quantitative estimate of drug-likeness (QED) is 0.812. The molecule has 0 radical (unpaired) electrons. The van der Waals surface area contributed by atoms with Crippen molar-refractivity contribution in [2.45, 2.75) is 51.4 Å². The monoisotopic (exact) mass is 334 g/mol. The van der Waals surface area contributed by atoms with Gasteiger partial charge < -0.3 is 10.2 Å². The number of carbonyl (C=O) groups is 1. The molecular formula is C19H30N2OS. The Kier molecular flexibility index (Phi) is 6.52. The molecule has 1 atom stereocenters. The van der Waals surface area contributed by atoms with Gasteiger partial charge in [0.1, 0.15) is 0 Å². The van der Waals surface area contributed by atoms with E-state index in [2.05, 4.69) is 10.2 Å². The lowest BCUT2D eigenvalue weighted by atomic mass is 9.96. The lowest BCUT2D eigenvalue weighted by molar-refractivity contribution is 0.0935. The van der Waals surface area contributed by atoms with E-state index in [0.29, 0.717) is 5.92 Å². The highest BCUT2D eigenvalue weighted by Crippen LogP contribution is 2.28. The summed E-state index contributed by atoms with van der Waals surface area (Å²) < 4.78 is 0. The van der Waals surface area contributed by atoms with E-state index in [1.807, 2.05) is 17.5 Å². The molecule has 3 nitrogen and oxygen atoms in total. The maximum atomic E-state index is 12.0. The summed E-state index contributed by atoms with van der Waals surface area (Å²) in [5.74, 6) is 1.73. The summed E-state index contributed by atoms with van der Waals surface area (Å²) in [6.07, 6.45) is 11.2. The molecule has 2 aliphatic rings. The van der Waals surface area contributed by atoms with Gasteiger partial charge in [-0.05, 0) is 62.1 Å². The lowest BCUT2D eigenvalue weighted by Gasteiger charge is -2.33. The molecule has 3 rings (SSSR count). The summed E-state index contributed by atoms with van der Waals surface area (Å²) in [6.45, 7) is 4.50. The molecule has 1 saturated heterocycles. The maximum absolute atomic E-state index is 12.0. The number of rotatable bonds is 7. The molecule has 4 heteroatoms. The number of hydrogen-bond donors (Lipinski definition) is 1. The summed E-state index contributed by atoms with van der Waals surface area (Å²) in [5.41, 5.74) is 0. The molecule has 0 aromatic carbocycles. The first-order chi connectivity index (χ1) is 11.3. The summed E-state index contributed by atoms with van der Waals surface area (Å²) in [4.78, 5) is 15.5. The molecule has 1 aromatic rings. The molecule has 0 unspecified atom stereocenters. The Morgan fingerprint density at radius 2 is 2.04 bits per heavy atom. The Morgan fingerprint density at radius 3 is 2.83 bits per heavy atom. The van der Waals surface area contributed by atoms with Crippen LogP contribution in [0.2, 0.25) is 0 Å². The predicted molar refractivity (Wildman–Crippen MR) is 97.0 cm³/mol. The van der Waals surface area contributed by atoms with Crippen molar-refractivity contribution in [1.29, 1.82) is 0 Å². The molecular weight excluding hydrogens is 304 g/mol. The molecule has 1 aliphatic heterocycles. The van der Waals surface area contributed by atoms with Crippen LogP contribution in [0, 0.1) is 11.8 Å². The van der Waals surface area contributed by atoms with E-state index in [1.165, 1.54) is 75.8 Å². The number of hydrogen-bond acceptors (Lipinski definition) is 3. The van der Waals surface area contributed by atoms with E-state index in [-0.39, 0.29) is 5.91 Å². The Balaban J connectivity index is 1.33. The van der Waals surface area contributed by atoms with Crippen molar-refractivity contribution in [1.82, 2.24) is 10.2 Å². The van der Waals surface area contributed by atoms with Crippen molar-refractivity contribution in [3.8, 4) is 0 Å². The van der Waals surface area contributed by atoms with Crippen LogP contribution in [0.15, 0.2) is 17.5 Å². The third-order valence-corrected chi connectivity index (χ3v) is 6.33. The van der Waals surface area contributed by atoms with E-state index in [9.17, 15) is 4.79 Å². The van der Waals surface area contributed by atoms with E-state index in [4.69, 9.17) is 0 Å². The Labute approximate surface area is 144 Å². The van der Waals surface area contributed by atoms with Crippen molar-refractivity contribution in [2.75, 3.05) is 26.2 Å². The number of nitrogens with zero attached hydrogens (tertiary/aromatic N) is 1. The fraction of sp³-hybridized carbons (Fsp3) is 0.737. The van der Waals surface area contributed by atoms with Gasteiger partial charge in [0.2, 0.25) is 0 Å². The smallest absolute Gasteiger partial charge is 0.261 e. The van der Waals surface area contributed by atoms with E-state index in [1.54, 1.807) is 0 Å². The van der Waals surface area contributed by atoms with Gasteiger partial charge in [0.05, 0.1) is 4.88 Å². The molecule has 1 amide bonds. The van der Waals surface area contributed by atoms with Gasteiger partial charge in [0, 0.05) is 13.1 Å². The van der Waals surface area contributed by atoms with Crippen molar-refractivity contribution in [2.24, 2.45) is 11.8 Å². The summed E-state index contributed by atoms with van der Waals surface area (Å²) in [5, 5.41) is 5.08. The van der Waals surface area contributed by atoms with Gasteiger partial charge in [0.25, 0.3) is 5.91 Å². The summed E-state index contributed by atoms with van der Waals surface area (Å²) >= 11 is 1.52. The minimum atomic E-state index is 0.0957. The van der Waals surface area contributed by atoms with Crippen LogP contribution in [-0.4, -0.2) is 37.0 Å². The first-order valence-corrected chi connectivity index (χ1v) is 10.2. The molecule has 1 aliphatic carbocycles. The minimum absolute atomic E-state index is 0.0957. The average molecular weight is 335 g/mol. The lowest BCUT2D eigenvalue weighted by Crippen LogP contribution is -2.41. The van der Waals surface area contributed by atoms with Crippen LogP contribution in [0.4, 0.5) is 0 Å². The molecule has 128 valence electrons. The molecule has 0 spiro atoms. The van der Waals surface area contributed by atoms with Crippen LogP contribution >= 0.6 is 11.3 Å². The molecule has 2 fully saturated rings. The average Bonchev–Trinajstić information content (AvgIpc) is 3.26. The standard InChI is InChI=1S/C19H30N2OS/c22-19(18-10-5-13-23-18)20-14-17-9-4-12-21(15-17)11-3-8-16-6-1-2-7-16/h5,10,13,16-17H,1-4,6-9,11-12,14-15H2,(H,20,22)/t17-/m1/s1. The normalized spacial score (nSPS) is 23.2. The van der Waals surface area contributed by atoms with Crippen molar-refractivity contribution in [3.63, 3.8) is 0 Å². The Hall–Kier alpha value is -0.870. The molecule has 23 heavy (non-hydrogen) atoms. The number of piperidine rings is 1. The number of likely N-dealkylation sites (tertiary alicyclic amines) is 1. The van der Waals surface area contributed by atoms with Gasteiger partial charge in [-0.15, -0.1) is 11.3 Å². The number of carbonyl (C=O) groups excluding carboxylic acids is 1. The van der Waals surface area contributed by atoms with Crippen LogP contribution < -0.4 is 5.32 Å². The van der Waals surface area contributed by atoms with Crippen molar-refractivity contribution < 1.29 is 4.79 Å². The molecule has 2 heterocycles. The predicted octanol–water partition coefficient (Wildman–Crippen LogP) is 4.16. The fourth-order valence-corrected chi connectivity index (χ4v) is 4.80. The second-order valence-electron chi connectivity index (χ2n) is 7.29. The van der Waals surface area contributed by atoms with Gasteiger partial charge in [-0.3, -0.25) is 4.79 Å². The van der Waals surface area contributed by atoms with Crippen LogP contribution in [0.1, 0.15) is 61.0 Å². The highest BCUT2D eigenvalue weighted by Gasteiger charge is 2.21. The zero-order valence-electron chi connectivity index (χ0n) is 14.1. The third kappa shape index (κ3) is 5.32. The highest BCUT2D eigenvalue weighted by atomic mass is 32.1. The SMILES string of the molecule is O=C(NC[C@H]1CCCN(CCCC2CCCC2)C1)c1cccs1. The summed E-state index contributed by atoms with van der Waals surface area (Å²) in [6, 6.07) is 3.84. The molecule has 0 bridgehead atoms. The second kappa shape index (κ2) is 8.84. The van der Waals surface area contributed by atoms with Crippen molar-refractivity contribution >= 4 is 17.2 Å². The Morgan fingerprint density at radius 1 is 1.22 bits per heavy atom. The van der Waals surface area contributed by atoms with Crippen LogP contribution in [-0.2, 0) is 0 Å². The summed E-state index contributed by atoms with van der Waals surface area (Å²) in [7, 11) is 0. The largest absolute Gasteiger partial charge is 0.351 e. The van der Waals surface area contributed by atoms with Gasteiger partial charge in [-0.25, -0.2) is 0 Å². The van der Waals surface area contributed by atoms with Gasteiger partial charge >= 0.3 is 0 Å². The zero-order chi connectivity index (χ0) is 15.9. The number of amides is 1. The first kappa shape index (κ1) is 17.0. The molecule has 1 saturated carbocycles. The van der Waals surface area contributed by atoms with Crippen LogP contribution in [0.25, 0.3) is 0 Å². The van der Waals surface area contributed by atoms with Gasteiger partial charge in [-0.2, -0.15) is 0 Å². The maximum Gasteiger partial charge on any atom is 0.261 e. The van der Waals surface area contributed by atoms with E-state index >= 15 is 0 Å². The van der Waals surface area contributed by atoms with E-state index in [0.717, 1.165) is 23.9 Å². The van der Waals surface area contributed by atoms with Gasteiger partial charge in [-0.1, -0.05) is 31.7 Å². The number of nitrogens with one attached hydrogen (secondary N) is 1. The van der Waals surface area contributed by atoms with Gasteiger partial charge in [0.15, 0.2) is 0 Å². The van der Waals surface area contributed by atoms with Crippen molar-refractivity contribution in [3.05, 3.63) is 22.4 Å². The number of thiophene rings is 1. The zero-order valence-corrected chi connectivity index (χ0v) is 15.0. The topological polar surface area (TPSA) is 32.3 Å². The minimum Gasteiger partial charge on any atom is -0.351 e. The van der Waals surface area contributed by atoms with E-state index < -0.39 is 0 Å². The third-order valence-electron chi connectivity index (χ3n) is 5.46. The highest BCUT2D eigenvalue weighted by molar-refractivity contribution is 7.12. The van der Waals surface area contributed by atoms with Crippen LogP contribution in [0.3, 0.4) is 0 Å². The molecule has 1 aromatic heterocycles. The second-order valence-corrected chi connectivity index (χ2v) is 8.24.